The number of alkyl halides is 3. The summed E-state index contributed by atoms with van der Waals surface area (Å²) in [5.41, 5.74) is -1.17. The maximum absolute atomic E-state index is 13.2. The first-order valence-electron chi connectivity index (χ1n) is 8.76. The number of hydrogen-bond acceptors (Lipinski definition) is 5. The summed E-state index contributed by atoms with van der Waals surface area (Å²) in [7, 11) is -4.57. The third kappa shape index (κ3) is 5.88. The number of carbonyl (C=O) groups is 1. The first-order chi connectivity index (χ1) is 14.6. The highest BCUT2D eigenvalue weighted by Crippen LogP contribution is 2.34. The van der Waals surface area contributed by atoms with Crippen molar-refractivity contribution in [1.82, 2.24) is 9.62 Å². The smallest absolute Gasteiger partial charge is 0.416 e. The lowest BCUT2D eigenvalue weighted by molar-refractivity contribution is -0.137. The average Bonchev–Trinajstić information content (AvgIpc) is 3.39. The predicted octanol–water partition coefficient (Wildman–Crippen LogP) is 4.52. The molecule has 0 aliphatic rings. The van der Waals surface area contributed by atoms with Gasteiger partial charge in [0, 0.05) is 4.88 Å². The van der Waals surface area contributed by atoms with Crippen molar-refractivity contribution in [1.29, 1.82) is 0 Å². The molecule has 3 aromatic rings. The van der Waals surface area contributed by atoms with Crippen LogP contribution in [0.15, 0.2) is 63.4 Å². The molecule has 166 valence electrons. The van der Waals surface area contributed by atoms with Crippen LogP contribution >= 0.6 is 22.9 Å². The van der Waals surface area contributed by atoms with Crippen molar-refractivity contribution in [2.45, 2.75) is 24.2 Å². The molecule has 0 saturated carbocycles. The average molecular weight is 493 g/mol. The number of hydrogen-bond donors (Lipinski definition) is 1. The maximum Gasteiger partial charge on any atom is 0.416 e. The molecule has 0 bridgehead atoms. The van der Waals surface area contributed by atoms with Crippen LogP contribution < -0.4 is 5.32 Å². The van der Waals surface area contributed by atoms with Gasteiger partial charge in [0.1, 0.15) is 10.7 Å². The van der Waals surface area contributed by atoms with Gasteiger partial charge in [0.2, 0.25) is 15.9 Å². The third-order valence-electron chi connectivity index (χ3n) is 4.15. The SMILES string of the molecule is O=C(CN(Cc1ccco1)S(=O)(=O)c1cc(C(F)(F)F)ccc1Cl)NCc1cccs1. The summed E-state index contributed by atoms with van der Waals surface area (Å²) in [6.45, 7) is -0.815. The van der Waals surface area contributed by atoms with E-state index in [-0.39, 0.29) is 18.8 Å². The highest BCUT2D eigenvalue weighted by atomic mass is 35.5. The molecule has 1 amide bonds. The number of amides is 1. The summed E-state index contributed by atoms with van der Waals surface area (Å²) in [5.74, 6) is -0.427. The van der Waals surface area contributed by atoms with Crippen molar-refractivity contribution in [3.63, 3.8) is 0 Å². The fraction of sp³-hybridized carbons (Fsp3) is 0.211. The van der Waals surface area contributed by atoms with Crippen molar-refractivity contribution in [3.05, 3.63) is 75.3 Å². The Bertz CT molecular complexity index is 1130. The molecule has 0 unspecified atom stereocenters. The molecule has 0 fully saturated rings. The van der Waals surface area contributed by atoms with E-state index in [1.807, 2.05) is 5.38 Å². The lowest BCUT2D eigenvalue weighted by Crippen LogP contribution is -2.40. The molecule has 0 atom stereocenters. The van der Waals surface area contributed by atoms with E-state index in [2.05, 4.69) is 5.32 Å². The van der Waals surface area contributed by atoms with Crippen molar-refractivity contribution < 1.29 is 30.8 Å². The zero-order valence-electron chi connectivity index (χ0n) is 15.7. The van der Waals surface area contributed by atoms with Gasteiger partial charge in [-0.15, -0.1) is 11.3 Å². The van der Waals surface area contributed by atoms with E-state index in [4.69, 9.17) is 16.0 Å². The van der Waals surface area contributed by atoms with Gasteiger partial charge >= 0.3 is 6.18 Å². The summed E-state index contributed by atoms with van der Waals surface area (Å²) in [6, 6.07) is 8.61. The second-order valence-corrected chi connectivity index (χ2v) is 9.70. The van der Waals surface area contributed by atoms with Gasteiger partial charge in [-0.05, 0) is 41.8 Å². The van der Waals surface area contributed by atoms with Gasteiger partial charge in [-0.1, -0.05) is 17.7 Å². The minimum Gasteiger partial charge on any atom is -0.468 e. The lowest BCUT2D eigenvalue weighted by atomic mass is 10.2. The molecule has 0 spiro atoms. The summed E-state index contributed by atoms with van der Waals surface area (Å²) in [4.78, 5) is 12.5. The molecule has 12 heteroatoms. The van der Waals surface area contributed by atoms with Crippen molar-refractivity contribution >= 4 is 38.9 Å². The largest absolute Gasteiger partial charge is 0.468 e. The van der Waals surface area contributed by atoms with Gasteiger partial charge in [-0.2, -0.15) is 17.5 Å². The molecule has 1 N–H and O–H groups in total. The normalized spacial score (nSPS) is 12.3. The van der Waals surface area contributed by atoms with Crippen LogP contribution in [0.1, 0.15) is 16.2 Å². The number of furan rings is 1. The minimum atomic E-state index is -4.77. The number of sulfonamides is 1. The second kappa shape index (κ2) is 9.43. The Morgan fingerprint density at radius 3 is 2.58 bits per heavy atom. The van der Waals surface area contributed by atoms with E-state index in [0.717, 1.165) is 15.2 Å². The van der Waals surface area contributed by atoms with E-state index in [1.54, 1.807) is 12.1 Å². The summed E-state index contributed by atoms with van der Waals surface area (Å²) < 4.78 is 71.6. The number of nitrogens with zero attached hydrogens (tertiary/aromatic N) is 1. The lowest BCUT2D eigenvalue weighted by Gasteiger charge is -2.22. The minimum absolute atomic E-state index is 0.190. The molecule has 1 aromatic carbocycles. The highest BCUT2D eigenvalue weighted by molar-refractivity contribution is 7.89. The van der Waals surface area contributed by atoms with Gasteiger partial charge in [-0.3, -0.25) is 4.79 Å². The molecule has 0 aliphatic heterocycles. The van der Waals surface area contributed by atoms with Crippen LogP contribution in [0.5, 0.6) is 0 Å². The number of rotatable bonds is 8. The van der Waals surface area contributed by atoms with Crippen LogP contribution in [0.25, 0.3) is 0 Å². The summed E-state index contributed by atoms with van der Waals surface area (Å²) >= 11 is 7.34. The van der Waals surface area contributed by atoms with E-state index in [1.165, 1.54) is 29.7 Å². The van der Waals surface area contributed by atoms with Gasteiger partial charge in [0.25, 0.3) is 0 Å². The van der Waals surface area contributed by atoms with E-state index in [9.17, 15) is 26.4 Å². The summed E-state index contributed by atoms with van der Waals surface area (Å²) in [5, 5.41) is 4.02. The Labute approximate surface area is 185 Å². The second-order valence-electron chi connectivity index (χ2n) is 6.35. The monoisotopic (exact) mass is 492 g/mol. The summed E-state index contributed by atoms with van der Waals surface area (Å²) in [6.07, 6.45) is -3.45. The topological polar surface area (TPSA) is 79.6 Å². The Kier molecular flexibility index (Phi) is 7.10. The molecular weight excluding hydrogens is 477 g/mol. The van der Waals surface area contributed by atoms with Crippen molar-refractivity contribution in [3.8, 4) is 0 Å². The fourth-order valence-electron chi connectivity index (χ4n) is 2.63. The van der Waals surface area contributed by atoms with Crippen LogP contribution in [-0.4, -0.2) is 25.2 Å². The van der Waals surface area contributed by atoms with Crippen LogP contribution in [0.3, 0.4) is 0 Å². The Balaban J connectivity index is 1.89. The van der Waals surface area contributed by atoms with Gasteiger partial charge in [0.05, 0.1) is 36.5 Å². The maximum atomic E-state index is 13.2. The molecule has 2 aromatic heterocycles. The number of carbonyl (C=O) groups excluding carboxylic acids is 1. The third-order valence-corrected chi connectivity index (χ3v) is 7.30. The van der Waals surface area contributed by atoms with E-state index < -0.39 is 44.1 Å². The molecular formula is C19H16ClF3N2O4S2. The van der Waals surface area contributed by atoms with Gasteiger partial charge < -0.3 is 9.73 Å². The Morgan fingerprint density at radius 2 is 1.97 bits per heavy atom. The number of thiophene rings is 1. The van der Waals surface area contributed by atoms with Gasteiger partial charge in [-0.25, -0.2) is 8.42 Å². The van der Waals surface area contributed by atoms with Crippen LogP contribution in [0.4, 0.5) is 13.2 Å². The van der Waals surface area contributed by atoms with Crippen LogP contribution in [-0.2, 0) is 34.1 Å². The molecule has 6 nitrogen and oxygen atoms in total. The molecule has 0 radical (unpaired) electrons. The zero-order chi connectivity index (χ0) is 22.6. The number of benzene rings is 1. The van der Waals surface area contributed by atoms with E-state index in [0.29, 0.717) is 12.1 Å². The van der Waals surface area contributed by atoms with Crippen LogP contribution in [0.2, 0.25) is 5.02 Å². The molecule has 0 saturated heterocycles. The van der Waals surface area contributed by atoms with Crippen molar-refractivity contribution in [2.24, 2.45) is 0 Å². The molecule has 3 rings (SSSR count). The number of nitrogens with one attached hydrogen (secondary N) is 1. The molecule has 31 heavy (non-hydrogen) atoms. The molecule has 2 heterocycles. The first kappa shape index (κ1) is 23.3. The highest BCUT2D eigenvalue weighted by Gasteiger charge is 2.35. The van der Waals surface area contributed by atoms with Gasteiger partial charge in [0.15, 0.2) is 0 Å². The predicted molar refractivity (Wildman–Crippen MR) is 109 cm³/mol. The van der Waals surface area contributed by atoms with Crippen LogP contribution in [0, 0.1) is 0 Å². The zero-order valence-corrected chi connectivity index (χ0v) is 18.1. The van der Waals surface area contributed by atoms with E-state index >= 15 is 0 Å². The molecule has 0 aliphatic carbocycles. The Morgan fingerprint density at radius 1 is 1.19 bits per heavy atom. The Hall–Kier alpha value is -2.34. The number of halogens is 4. The quantitative estimate of drug-likeness (QED) is 0.501. The fourth-order valence-corrected chi connectivity index (χ4v) is 5.14. The standard InChI is InChI=1S/C19H16ClF3N2O4S2/c20-16-6-5-13(19(21,22)23)9-17(16)31(27,28)25(11-14-3-1-7-29-14)12-18(26)24-10-15-4-2-8-30-15/h1-9H,10-12H2,(H,24,26). The van der Waals surface area contributed by atoms with Crippen molar-refractivity contribution in [2.75, 3.05) is 6.54 Å². The first-order valence-corrected chi connectivity index (χ1v) is 11.5.